The molecule has 0 spiro atoms. The number of fused-ring (bicyclic) bond motifs is 1. The van der Waals surface area contributed by atoms with E-state index in [2.05, 4.69) is 13.2 Å². The first-order valence-corrected chi connectivity index (χ1v) is 13.5. The molecule has 6 heteroatoms. The van der Waals surface area contributed by atoms with Crippen molar-refractivity contribution >= 4 is 11.9 Å². The van der Waals surface area contributed by atoms with Crippen LogP contribution in [0, 0.1) is 0 Å². The molecule has 0 aromatic rings. The lowest BCUT2D eigenvalue weighted by Gasteiger charge is -2.17. The molecule has 0 saturated carbocycles. The number of allylic oxidation sites excluding steroid dienone is 2. The highest BCUT2D eigenvalue weighted by Crippen LogP contribution is 2.31. The summed E-state index contributed by atoms with van der Waals surface area (Å²) in [5.74, 6) is -0.399. The van der Waals surface area contributed by atoms with E-state index in [0.29, 0.717) is 26.1 Å². The molecular formula is C28H46O6. The predicted molar refractivity (Wildman–Crippen MR) is 134 cm³/mol. The SMILES string of the molecule is C=CCCCCCCCCC(=O)O[C@@H]1CO[C@H]2[C@@H]1OC[C@H]2OC(=O)CCCCCCCCC=C. The summed E-state index contributed by atoms with van der Waals surface area (Å²) < 4.78 is 22.8. The smallest absolute Gasteiger partial charge is 0.306 e. The lowest BCUT2D eigenvalue weighted by molar-refractivity contribution is -0.155. The monoisotopic (exact) mass is 478 g/mol. The summed E-state index contributed by atoms with van der Waals surface area (Å²) in [5, 5.41) is 0. The van der Waals surface area contributed by atoms with Crippen LogP contribution in [0.25, 0.3) is 0 Å². The molecule has 0 aromatic carbocycles. The minimum absolute atomic E-state index is 0.200. The van der Waals surface area contributed by atoms with Crippen LogP contribution in [0.1, 0.15) is 103 Å². The first kappa shape index (κ1) is 28.6. The zero-order valence-electron chi connectivity index (χ0n) is 21.1. The lowest BCUT2D eigenvalue weighted by Crippen LogP contribution is -2.35. The Labute approximate surface area is 206 Å². The van der Waals surface area contributed by atoms with E-state index >= 15 is 0 Å². The highest BCUT2D eigenvalue weighted by Gasteiger charge is 2.51. The van der Waals surface area contributed by atoms with Gasteiger partial charge in [0.2, 0.25) is 0 Å². The second-order valence-electron chi connectivity index (χ2n) is 9.55. The fraction of sp³-hybridized carbons (Fsp3) is 0.786. The van der Waals surface area contributed by atoms with Crippen LogP contribution in [0.4, 0.5) is 0 Å². The summed E-state index contributed by atoms with van der Waals surface area (Å²) in [6.45, 7) is 8.07. The molecule has 0 bridgehead atoms. The third-order valence-electron chi connectivity index (χ3n) is 6.61. The Bertz CT molecular complexity index is 552. The van der Waals surface area contributed by atoms with Gasteiger partial charge in [-0.3, -0.25) is 9.59 Å². The van der Waals surface area contributed by atoms with Gasteiger partial charge in [-0.1, -0.05) is 63.5 Å². The van der Waals surface area contributed by atoms with Crippen molar-refractivity contribution < 1.29 is 28.5 Å². The highest BCUT2D eigenvalue weighted by atomic mass is 16.7. The highest BCUT2D eigenvalue weighted by molar-refractivity contribution is 5.70. The van der Waals surface area contributed by atoms with Gasteiger partial charge in [-0.15, -0.1) is 13.2 Å². The van der Waals surface area contributed by atoms with Gasteiger partial charge in [0.25, 0.3) is 0 Å². The van der Waals surface area contributed by atoms with Crippen LogP contribution in [0.3, 0.4) is 0 Å². The van der Waals surface area contributed by atoms with Crippen molar-refractivity contribution in [1.29, 1.82) is 0 Å². The van der Waals surface area contributed by atoms with Gasteiger partial charge >= 0.3 is 11.9 Å². The quantitative estimate of drug-likeness (QED) is 0.117. The summed E-state index contributed by atoms with van der Waals surface area (Å²) in [4.78, 5) is 24.5. The summed E-state index contributed by atoms with van der Waals surface area (Å²) in [7, 11) is 0. The Morgan fingerprint density at radius 2 is 0.971 bits per heavy atom. The second-order valence-corrected chi connectivity index (χ2v) is 9.55. The largest absolute Gasteiger partial charge is 0.457 e. The molecule has 0 aliphatic carbocycles. The molecule has 6 nitrogen and oxygen atoms in total. The van der Waals surface area contributed by atoms with Crippen molar-refractivity contribution in [3.8, 4) is 0 Å². The van der Waals surface area contributed by atoms with E-state index in [1.54, 1.807) is 0 Å². The van der Waals surface area contributed by atoms with Crippen molar-refractivity contribution in [2.45, 2.75) is 127 Å². The van der Waals surface area contributed by atoms with Gasteiger partial charge in [-0.25, -0.2) is 0 Å². The summed E-state index contributed by atoms with van der Waals surface area (Å²) >= 11 is 0. The molecule has 194 valence electrons. The van der Waals surface area contributed by atoms with E-state index in [0.717, 1.165) is 51.4 Å². The maximum Gasteiger partial charge on any atom is 0.306 e. The number of hydrogen-bond acceptors (Lipinski definition) is 6. The Kier molecular flexibility index (Phi) is 14.9. The zero-order chi connectivity index (χ0) is 24.4. The standard InChI is InChI=1S/C28H46O6/c1-3-5-7-9-11-13-15-17-19-25(29)33-23-21-31-28-24(22-32-27(23)28)34-26(30)20-18-16-14-12-10-8-6-4-2/h3-4,23-24,27-28H,1-2,5-22H2/t23-,24-,27-,28-/m1/s1. The maximum atomic E-state index is 12.2. The number of carbonyl (C=O) groups is 2. The van der Waals surface area contributed by atoms with Gasteiger partial charge < -0.3 is 18.9 Å². The topological polar surface area (TPSA) is 71.1 Å². The van der Waals surface area contributed by atoms with Gasteiger partial charge in [0.1, 0.15) is 12.2 Å². The molecule has 0 radical (unpaired) electrons. The summed E-state index contributed by atoms with van der Waals surface area (Å²) in [6, 6.07) is 0. The normalized spacial score (nSPS) is 23.4. The van der Waals surface area contributed by atoms with E-state index in [1.165, 1.54) is 38.5 Å². The predicted octanol–water partition coefficient (Wildman–Crippen LogP) is 6.22. The average Bonchev–Trinajstić information content (AvgIpc) is 3.40. The first-order valence-electron chi connectivity index (χ1n) is 13.5. The van der Waals surface area contributed by atoms with Crippen LogP contribution >= 0.6 is 0 Å². The Morgan fingerprint density at radius 1 is 0.618 bits per heavy atom. The first-order chi connectivity index (χ1) is 16.7. The van der Waals surface area contributed by atoms with Crippen LogP contribution in [0.2, 0.25) is 0 Å². The zero-order valence-corrected chi connectivity index (χ0v) is 21.1. The van der Waals surface area contributed by atoms with Crippen LogP contribution in [0.15, 0.2) is 25.3 Å². The summed E-state index contributed by atoms with van der Waals surface area (Å²) in [6.07, 6.45) is 18.7. The van der Waals surface area contributed by atoms with Gasteiger partial charge in [-0.05, 0) is 38.5 Å². The fourth-order valence-electron chi connectivity index (χ4n) is 4.62. The third-order valence-corrected chi connectivity index (χ3v) is 6.61. The average molecular weight is 479 g/mol. The molecule has 2 heterocycles. The number of hydrogen-bond donors (Lipinski definition) is 0. The third kappa shape index (κ3) is 11.2. The van der Waals surface area contributed by atoms with E-state index in [4.69, 9.17) is 18.9 Å². The molecule has 34 heavy (non-hydrogen) atoms. The van der Waals surface area contributed by atoms with E-state index in [1.807, 2.05) is 12.2 Å². The van der Waals surface area contributed by atoms with Crippen LogP contribution < -0.4 is 0 Å². The molecule has 2 aliphatic heterocycles. The van der Waals surface area contributed by atoms with Gasteiger partial charge in [0, 0.05) is 12.8 Å². The molecule has 0 aromatic heterocycles. The Morgan fingerprint density at radius 3 is 1.35 bits per heavy atom. The molecule has 0 amide bonds. The number of esters is 2. The number of carbonyl (C=O) groups excluding carboxylic acids is 2. The molecule has 4 atom stereocenters. The molecule has 2 saturated heterocycles. The molecule has 2 fully saturated rings. The number of rotatable bonds is 20. The van der Waals surface area contributed by atoms with Crippen molar-refractivity contribution in [2.24, 2.45) is 0 Å². The van der Waals surface area contributed by atoms with Crippen molar-refractivity contribution in [3.63, 3.8) is 0 Å². The Hall–Kier alpha value is -1.66. The van der Waals surface area contributed by atoms with Crippen LogP contribution in [-0.4, -0.2) is 49.6 Å². The van der Waals surface area contributed by atoms with Crippen molar-refractivity contribution in [2.75, 3.05) is 13.2 Å². The molecule has 0 unspecified atom stereocenters. The maximum absolute atomic E-state index is 12.2. The molecular weight excluding hydrogens is 432 g/mol. The fourth-order valence-corrected chi connectivity index (χ4v) is 4.62. The minimum Gasteiger partial charge on any atom is -0.457 e. The number of ether oxygens (including phenoxy) is 4. The van der Waals surface area contributed by atoms with E-state index in [9.17, 15) is 9.59 Å². The summed E-state index contributed by atoms with van der Waals surface area (Å²) in [5.41, 5.74) is 0. The van der Waals surface area contributed by atoms with E-state index < -0.39 is 12.2 Å². The van der Waals surface area contributed by atoms with Gasteiger partial charge in [-0.2, -0.15) is 0 Å². The number of unbranched alkanes of at least 4 members (excludes halogenated alkanes) is 12. The van der Waals surface area contributed by atoms with Crippen LogP contribution in [-0.2, 0) is 28.5 Å². The minimum atomic E-state index is -0.416. The molecule has 2 rings (SSSR count). The van der Waals surface area contributed by atoms with Crippen LogP contribution in [0.5, 0.6) is 0 Å². The van der Waals surface area contributed by atoms with E-state index in [-0.39, 0.29) is 24.1 Å². The van der Waals surface area contributed by atoms with Gasteiger partial charge in [0.05, 0.1) is 13.2 Å². The second kappa shape index (κ2) is 17.7. The lowest BCUT2D eigenvalue weighted by atomic mass is 10.1. The van der Waals surface area contributed by atoms with Crippen molar-refractivity contribution in [3.05, 3.63) is 25.3 Å². The van der Waals surface area contributed by atoms with Gasteiger partial charge in [0.15, 0.2) is 12.2 Å². The Balaban J connectivity index is 1.53. The van der Waals surface area contributed by atoms with Crippen molar-refractivity contribution in [1.82, 2.24) is 0 Å². The molecule has 2 aliphatic rings. The molecule has 0 N–H and O–H groups in total.